The lowest BCUT2D eigenvalue weighted by atomic mass is 10.1. The molecule has 0 bridgehead atoms. The van der Waals surface area contributed by atoms with E-state index in [9.17, 15) is 13.2 Å². The van der Waals surface area contributed by atoms with Crippen molar-refractivity contribution in [3.63, 3.8) is 0 Å². The zero-order valence-electron chi connectivity index (χ0n) is 16.0. The van der Waals surface area contributed by atoms with Crippen molar-refractivity contribution in [2.45, 2.75) is 33.2 Å². The first-order valence-corrected chi connectivity index (χ1v) is 10.6. The molecule has 8 heteroatoms. The molecule has 27 heavy (non-hydrogen) atoms. The summed E-state index contributed by atoms with van der Waals surface area (Å²) in [4.78, 5) is 23.0. The van der Waals surface area contributed by atoms with Gasteiger partial charge in [-0.25, -0.2) is 18.4 Å². The van der Waals surface area contributed by atoms with Crippen LogP contribution in [0.25, 0.3) is 0 Å². The third kappa shape index (κ3) is 4.44. The number of benzene rings is 1. The van der Waals surface area contributed by atoms with Gasteiger partial charge in [-0.15, -0.1) is 0 Å². The maximum absolute atomic E-state index is 12.8. The Labute approximate surface area is 159 Å². The number of nitrogens with zero attached hydrogens (tertiary/aromatic N) is 3. The Bertz CT molecular complexity index is 988. The molecule has 144 valence electrons. The summed E-state index contributed by atoms with van der Waals surface area (Å²) in [6.45, 7) is 5.86. The molecule has 1 unspecified atom stereocenters. The quantitative estimate of drug-likeness (QED) is 0.865. The van der Waals surface area contributed by atoms with Crippen LogP contribution in [0, 0.1) is 20.8 Å². The molecular formula is C19H24N4O3S. The molecule has 0 spiro atoms. The summed E-state index contributed by atoms with van der Waals surface area (Å²) in [7, 11) is -1.43. The molecular weight excluding hydrogens is 364 g/mol. The van der Waals surface area contributed by atoms with E-state index in [-0.39, 0.29) is 29.1 Å². The SMILES string of the molecule is Cc1cc(C(=O)N(C)C2CCS(=O)(=O)C2)nc(Nc2ccc(C)c(C)c2)n1. The number of rotatable bonds is 4. The molecule has 1 saturated heterocycles. The maximum atomic E-state index is 12.8. The third-order valence-corrected chi connectivity index (χ3v) is 6.66. The van der Waals surface area contributed by atoms with Crippen molar-refractivity contribution in [3.05, 3.63) is 46.8 Å². The number of aromatic nitrogens is 2. The summed E-state index contributed by atoms with van der Waals surface area (Å²) in [6, 6.07) is 7.25. The number of nitrogens with one attached hydrogen (secondary N) is 1. The van der Waals surface area contributed by atoms with Gasteiger partial charge in [-0.05, 0) is 56.5 Å². The van der Waals surface area contributed by atoms with Crippen molar-refractivity contribution < 1.29 is 13.2 Å². The van der Waals surface area contributed by atoms with E-state index in [2.05, 4.69) is 15.3 Å². The minimum Gasteiger partial charge on any atom is -0.336 e. The predicted molar refractivity (Wildman–Crippen MR) is 105 cm³/mol. The second-order valence-corrected chi connectivity index (χ2v) is 9.34. The van der Waals surface area contributed by atoms with E-state index in [0.29, 0.717) is 18.1 Å². The highest BCUT2D eigenvalue weighted by molar-refractivity contribution is 7.91. The van der Waals surface area contributed by atoms with Gasteiger partial charge < -0.3 is 10.2 Å². The van der Waals surface area contributed by atoms with E-state index in [4.69, 9.17) is 0 Å². The van der Waals surface area contributed by atoms with E-state index in [1.165, 1.54) is 10.5 Å². The minimum absolute atomic E-state index is 0.00700. The van der Waals surface area contributed by atoms with Gasteiger partial charge in [-0.3, -0.25) is 4.79 Å². The van der Waals surface area contributed by atoms with Crippen LogP contribution in [0.2, 0.25) is 0 Å². The number of hydrogen-bond acceptors (Lipinski definition) is 6. The van der Waals surface area contributed by atoms with Crippen molar-refractivity contribution in [1.29, 1.82) is 0 Å². The van der Waals surface area contributed by atoms with Gasteiger partial charge in [0.2, 0.25) is 5.95 Å². The van der Waals surface area contributed by atoms with Gasteiger partial charge in [0, 0.05) is 24.5 Å². The van der Waals surface area contributed by atoms with Gasteiger partial charge >= 0.3 is 0 Å². The number of aryl methyl sites for hydroxylation is 3. The molecule has 1 aliphatic heterocycles. The van der Waals surface area contributed by atoms with Crippen molar-refractivity contribution in [1.82, 2.24) is 14.9 Å². The lowest BCUT2D eigenvalue weighted by Crippen LogP contribution is -2.38. The normalized spacial score (nSPS) is 18.3. The Morgan fingerprint density at radius 1 is 1.15 bits per heavy atom. The second kappa shape index (κ2) is 7.26. The highest BCUT2D eigenvalue weighted by Crippen LogP contribution is 2.20. The van der Waals surface area contributed by atoms with Crippen molar-refractivity contribution >= 4 is 27.4 Å². The summed E-state index contributed by atoms with van der Waals surface area (Å²) in [5.41, 5.74) is 4.09. The van der Waals surface area contributed by atoms with Crippen LogP contribution in [0.3, 0.4) is 0 Å². The lowest BCUT2D eigenvalue weighted by Gasteiger charge is -2.23. The van der Waals surface area contributed by atoms with E-state index in [1.807, 2.05) is 32.0 Å². The molecule has 0 saturated carbocycles. The Kier molecular flexibility index (Phi) is 5.19. The number of carbonyl (C=O) groups is 1. The highest BCUT2D eigenvalue weighted by atomic mass is 32.2. The molecule has 1 amide bonds. The van der Waals surface area contributed by atoms with Gasteiger partial charge in [0.05, 0.1) is 11.5 Å². The van der Waals surface area contributed by atoms with Crippen LogP contribution < -0.4 is 5.32 Å². The van der Waals surface area contributed by atoms with Gasteiger partial charge in [-0.1, -0.05) is 6.07 Å². The Morgan fingerprint density at radius 3 is 2.52 bits per heavy atom. The highest BCUT2D eigenvalue weighted by Gasteiger charge is 2.33. The van der Waals surface area contributed by atoms with Crippen LogP contribution >= 0.6 is 0 Å². The molecule has 7 nitrogen and oxygen atoms in total. The first-order chi connectivity index (χ1) is 12.6. The van der Waals surface area contributed by atoms with Crippen LogP contribution in [0.15, 0.2) is 24.3 Å². The van der Waals surface area contributed by atoms with Crippen molar-refractivity contribution in [3.8, 4) is 0 Å². The average molecular weight is 388 g/mol. The van der Waals surface area contributed by atoms with E-state index < -0.39 is 9.84 Å². The van der Waals surface area contributed by atoms with E-state index in [1.54, 1.807) is 20.0 Å². The summed E-state index contributed by atoms with van der Waals surface area (Å²) in [6.07, 6.45) is 0.461. The Morgan fingerprint density at radius 2 is 1.89 bits per heavy atom. The summed E-state index contributed by atoms with van der Waals surface area (Å²) >= 11 is 0. The molecule has 1 aliphatic rings. The fourth-order valence-corrected chi connectivity index (χ4v) is 4.88. The number of sulfone groups is 1. The molecule has 1 aromatic carbocycles. The maximum Gasteiger partial charge on any atom is 0.272 e. The zero-order chi connectivity index (χ0) is 19.8. The zero-order valence-corrected chi connectivity index (χ0v) is 16.8. The lowest BCUT2D eigenvalue weighted by molar-refractivity contribution is 0.0741. The fourth-order valence-electron chi connectivity index (χ4n) is 3.11. The van der Waals surface area contributed by atoms with Gasteiger partial charge in [-0.2, -0.15) is 0 Å². The van der Waals surface area contributed by atoms with Gasteiger partial charge in [0.15, 0.2) is 9.84 Å². The van der Waals surface area contributed by atoms with Crippen LogP contribution in [0.1, 0.15) is 33.7 Å². The first kappa shape index (κ1) is 19.3. The van der Waals surface area contributed by atoms with Crippen LogP contribution in [-0.4, -0.2) is 53.8 Å². The molecule has 2 aromatic rings. The largest absolute Gasteiger partial charge is 0.336 e. The molecule has 1 aromatic heterocycles. The smallest absolute Gasteiger partial charge is 0.272 e. The molecule has 0 radical (unpaired) electrons. The monoisotopic (exact) mass is 388 g/mol. The van der Waals surface area contributed by atoms with Gasteiger partial charge in [0.1, 0.15) is 5.69 Å². The fraction of sp³-hybridized carbons (Fsp3) is 0.421. The summed E-state index contributed by atoms with van der Waals surface area (Å²) in [5, 5.41) is 3.14. The minimum atomic E-state index is -3.06. The predicted octanol–water partition coefficient (Wildman–Crippen LogP) is 2.40. The number of amides is 1. The molecule has 1 fully saturated rings. The topological polar surface area (TPSA) is 92.3 Å². The van der Waals surface area contributed by atoms with Crippen molar-refractivity contribution in [2.75, 3.05) is 23.9 Å². The molecule has 0 aliphatic carbocycles. The molecule has 1 N–H and O–H groups in total. The standard InChI is InChI=1S/C19H24N4O3S/c1-12-5-6-15(9-13(12)2)21-19-20-14(3)10-17(22-19)18(24)23(4)16-7-8-27(25,26)11-16/h5-6,9-10,16H,7-8,11H2,1-4H3,(H,20,21,22). The molecule has 2 heterocycles. The first-order valence-electron chi connectivity index (χ1n) is 8.82. The number of anilines is 2. The molecule has 1 atom stereocenters. The van der Waals surface area contributed by atoms with Crippen LogP contribution in [-0.2, 0) is 9.84 Å². The Hall–Kier alpha value is -2.48. The third-order valence-electron chi connectivity index (χ3n) is 4.91. The molecule has 3 rings (SSSR count). The summed E-state index contributed by atoms with van der Waals surface area (Å²) in [5.74, 6) is 0.171. The number of hydrogen-bond donors (Lipinski definition) is 1. The van der Waals surface area contributed by atoms with E-state index >= 15 is 0 Å². The summed E-state index contributed by atoms with van der Waals surface area (Å²) < 4.78 is 23.4. The number of carbonyl (C=O) groups excluding carboxylic acids is 1. The average Bonchev–Trinajstić information content (AvgIpc) is 2.96. The second-order valence-electron chi connectivity index (χ2n) is 7.12. The van der Waals surface area contributed by atoms with Crippen molar-refractivity contribution in [2.24, 2.45) is 0 Å². The van der Waals surface area contributed by atoms with Crippen LogP contribution in [0.4, 0.5) is 11.6 Å². The van der Waals surface area contributed by atoms with Crippen LogP contribution in [0.5, 0.6) is 0 Å². The van der Waals surface area contributed by atoms with E-state index in [0.717, 1.165) is 11.3 Å². The van der Waals surface area contributed by atoms with Gasteiger partial charge in [0.25, 0.3) is 5.91 Å². The Balaban J connectivity index is 1.82.